The fourth-order valence-electron chi connectivity index (χ4n) is 8.93. The average molecular weight is 755 g/mol. The summed E-state index contributed by atoms with van der Waals surface area (Å²) in [4.78, 5) is 0. The van der Waals surface area contributed by atoms with Gasteiger partial charge in [0.15, 0.2) is 0 Å². The molecule has 0 spiro atoms. The Morgan fingerprint density at radius 2 is 1.18 bits per heavy atom. The van der Waals surface area contributed by atoms with Crippen molar-refractivity contribution in [2.75, 3.05) is 5.73 Å². The van der Waals surface area contributed by atoms with Crippen LogP contribution in [0.1, 0.15) is 0 Å². The third-order valence-electron chi connectivity index (χ3n) is 10.8. The SMILES string of the molecule is Nc1c(B2c3occc3-c3c2c(Br)cc2c4ccccc4c4ccccc4c32)cccc1B1c2c(Br)cccc2-c2oc3ccccc3c21. The molecule has 2 N–H and O–H groups in total. The van der Waals surface area contributed by atoms with Crippen molar-refractivity contribution in [3.63, 3.8) is 0 Å². The molecule has 0 unspecified atom stereocenters. The van der Waals surface area contributed by atoms with Crippen molar-refractivity contribution in [3.8, 4) is 22.5 Å². The van der Waals surface area contributed by atoms with Gasteiger partial charge in [0.05, 0.1) is 11.9 Å². The molecule has 0 aliphatic carbocycles. The monoisotopic (exact) mass is 753 g/mol. The third kappa shape index (κ3) is 3.59. The molecule has 2 aliphatic heterocycles. The van der Waals surface area contributed by atoms with Crippen molar-refractivity contribution in [1.82, 2.24) is 0 Å². The molecule has 228 valence electrons. The van der Waals surface area contributed by atoms with Crippen LogP contribution in [0.25, 0.3) is 65.7 Å². The molecule has 2 aromatic heterocycles. The van der Waals surface area contributed by atoms with Crippen LogP contribution >= 0.6 is 31.9 Å². The molecule has 49 heavy (non-hydrogen) atoms. The van der Waals surface area contributed by atoms with Crippen LogP contribution in [0.2, 0.25) is 0 Å². The Hall–Kier alpha value is -4.97. The van der Waals surface area contributed by atoms with E-state index >= 15 is 0 Å². The van der Waals surface area contributed by atoms with Crippen molar-refractivity contribution < 1.29 is 8.83 Å². The van der Waals surface area contributed by atoms with Gasteiger partial charge in [0.1, 0.15) is 11.3 Å². The summed E-state index contributed by atoms with van der Waals surface area (Å²) in [6.07, 6.45) is 1.82. The number of rotatable bonds is 2. The summed E-state index contributed by atoms with van der Waals surface area (Å²) in [6.45, 7) is -0.291. The van der Waals surface area contributed by atoms with Crippen LogP contribution in [0.4, 0.5) is 5.69 Å². The molecule has 7 aromatic carbocycles. The van der Waals surface area contributed by atoms with E-state index in [1.54, 1.807) is 0 Å². The van der Waals surface area contributed by atoms with Gasteiger partial charge in [-0.15, -0.1) is 0 Å². The largest absolute Gasteiger partial charge is 0.478 e. The van der Waals surface area contributed by atoms with Crippen LogP contribution in [0.5, 0.6) is 0 Å². The van der Waals surface area contributed by atoms with Gasteiger partial charge in [-0.1, -0.05) is 129 Å². The summed E-state index contributed by atoms with van der Waals surface area (Å²) in [5.74, 6) is 0.917. The van der Waals surface area contributed by atoms with Gasteiger partial charge in [0, 0.05) is 31.1 Å². The molecule has 0 bridgehead atoms. The predicted octanol–water partition coefficient (Wildman–Crippen LogP) is 7.59. The van der Waals surface area contributed by atoms with Crippen LogP contribution in [-0.2, 0) is 0 Å². The van der Waals surface area contributed by atoms with Crippen LogP contribution < -0.4 is 38.7 Å². The zero-order chi connectivity index (χ0) is 32.5. The molecular weight excluding hydrogens is 732 g/mol. The number of nitrogens with two attached hydrogens (primary N) is 1. The molecule has 4 heterocycles. The fourth-order valence-corrected chi connectivity index (χ4v) is 10.2. The van der Waals surface area contributed by atoms with E-state index in [2.05, 4.69) is 141 Å². The van der Waals surface area contributed by atoms with Gasteiger partial charge >= 0.3 is 0 Å². The maximum Gasteiger partial charge on any atom is 0.292 e. The van der Waals surface area contributed by atoms with Crippen molar-refractivity contribution in [2.45, 2.75) is 0 Å². The van der Waals surface area contributed by atoms with Crippen LogP contribution in [0.3, 0.4) is 0 Å². The van der Waals surface area contributed by atoms with Crippen molar-refractivity contribution in [3.05, 3.63) is 137 Å². The quantitative estimate of drug-likeness (QED) is 0.113. The lowest BCUT2D eigenvalue weighted by atomic mass is 9.35. The molecule has 3 nitrogen and oxygen atoms in total. The molecule has 0 saturated carbocycles. The first-order chi connectivity index (χ1) is 24.1. The molecule has 2 aliphatic rings. The summed E-state index contributed by atoms with van der Waals surface area (Å²) in [6, 6.07) is 43.0. The summed E-state index contributed by atoms with van der Waals surface area (Å²) < 4.78 is 15.1. The molecule has 9 aromatic rings. The van der Waals surface area contributed by atoms with E-state index in [0.29, 0.717) is 0 Å². The highest BCUT2D eigenvalue weighted by atomic mass is 79.9. The zero-order valence-electron chi connectivity index (χ0n) is 25.9. The molecule has 0 amide bonds. The van der Waals surface area contributed by atoms with E-state index in [1.165, 1.54) is 48.8 Å². The molecule has 7 heteroatoms. The smallest absolute Gasteiger partial charge is 0.292 e. The van der Waals surface area contributed by atoms with E-state index in [0.717, 1.165) is 64.5 Å². The minimum Gasteiger partial charge on any atom is -0.478 e. The van der Waals surface area contributed by atoms with E-state index < -0.39 is 0 Å². The lowest BCUT2D eigenvalue weighted by Crippen LogP contribution is -2.55. The highest BCUT2D eigenvalue weighted by Crippen LogP contribution is 2.43. The summed E-state index contributed by atoms with van der Waals surface area (Å²) in [7, 11) is 0. The van der Waals surface area contributed by atoms with Gasteiger partial charge < -0.3 is 14.6 Å². The number of halogens is 2. The van der Waals surface area contributed by atoms with Crippen LogP contribution in [0, 0.1) is 0 Å². The predicted molar refractivity (Wildman–Crippen MR) is 214 cm³/mol. The number of fused-ring (bicyclic) bond motifs is 15. The zero-order valence-corrected chi connectivity index (χ0v) is 29.1. The Bertz CT molecular complexity index is 2910. The number of anilines is 1. The molecule has 0 radical (unpaired) electrons. The first-order valence-electron chi connectivity index (χ1n) is 16.4. The first kappa shape index (κ1) is 27.9. The highest BCUT2D eigenvalue weighted by Gasteiger charge is 2.44. The van der Waals surface area contributed by atoms with Crippen LogP contribution in [0.15, 0.2) is 145 Å². The molecule has 11 rings (SSSR count). The Labute approximate surface area is 299 Å². The molecular formula is C42H23B2Br2NO2. The van der Waals surface area contributed by atoms with Crippen molar-refractivity contribution in [2.24, 2.45) is 0 Å². The van der Waals surface area contributed by atoms with Gasteiger partial charge in [0.2, 0.25) is 0 Å². The minimum absolute atomic E-state index is 0.100. The third-order valence-corrected chi connectivity index (χ3v) is 12.2. The Kier molecular flexibility index (Phi) is 5.72. The fraction of sp³-hybridized carbons (Fsp3) is 0. The maximum absolute atomic E-state index is 7.43. The van der Waals surface area contributed by atoms with E-state index in [9.17, 15) is 0 Å². The summed E-state index contributed by atoms with van der Waals surface area (Å²) in [5.41, 5.74) is 19.1. The Morgan fingerprint density at radius 1 is 0.531 bits per heavy atom. The molecule has 0 fully saturated rings. The number of para-hydroxylation sites is 2. The van der Waals surface area contributed by atoms with Gasteiger partial charge in [-0.2, -0.15) is 0 Å². The summed E-state index contributed by atoms with van der Waals surface area (Å²) >= 11 is 7.99. The number of furan rings is 2. The Morgan fingerprint density at radius 3 is 1.98 bits per heavy atom. The lowest BCUT2D eigenvalue weighted by molar-refractivity contribution is 0.601. The second-order valence-electron chi connectivity index (χ2n) is 13.1. The van der Waals surface area contributed by atoms with Gasteiger partial charge in [-0.05, 0) is 89.5 Å². The lowest BCUT2D eigenvalue weighted by Gasteiger charge is -2.21. The van der Waals surface area contributed by atoms with E-state index in [1.807, 2.05) is 18.4 Å². The first-order valence-corrected chi connectivity index (χ1v) is 18.0. The van der Waals surface area contributed by atoms with Gasteiger partial charge in [-0.3, -0.25) is 0 Å². The maximum atomic E-state index is 7.43. The highest BCUT2D eigenvalue weighted by molar-refractivity contribution is 9.11. The normalized spacial score (nSPS) is 13.1. The molecule has 0 atom stereocenters. The second kappa shape index (κ2) is 10.0. The number of nitrogen functional groups attached to an aromatic ring is 1. The number of hydrogen-bond donors (Lipinski definition) is 1. The van der Waals surface area contributed by atoms with Gasteiger partial charge in [-0.25, -0.2) is 0 Å². The van der Waals surface area contributed by atoms with Gasteiger partial charge in [0.25, 0.3) is 13.4 Å². The van der Waals surface area contributed by atoms with E-state index in [4.69, 9.17) is 14.6 Å². The Balaban J connectivity index is 1.20. The topological polar surface area (TPSA) is 52.3 Å². The van der Waals surface area contributed by atoms with Crippen molar-refractivity contribution >= 4 is 127 Å². The standard InChI is InChI=1S/C42H23B2Br2NO2/c45-32-17-7-14-28-37(32)43(38-26-13-5-6-18-34(26)49-41(28)38)30-15-8-16-31(40(30)47)44-39-33(46)21-29-24-11-2-1-9-22(24)23-10-3-4-12-25(23)35(29)36(39)27-19-20-48-42(27)44/h1-21H,47H2. The summed E-state index contributed by atoms with van der Waals surface area (Å²) in [5, 5.41) is 8.56. The van der Waals surface area contributed by atoms with Crippen LogP contribution in [-0.4, -0.2) is 13.4 Å². The number of hydrogen-bond acceptors (Lipinski definition) is 3. The second-order valence-corrected chi connectivity index (χ2v) is 14.8. The van der Waals surface area contributed by atoms with Crippen molar-refractivity contribution in [1.29, 1.82) is 0 Å². The number of benzene rings is 7. The molecule has 0 saturated heterocycles. The minimum atomic E-state index is -0.190. The van der Waals surface area contributed by atoms with E-state index in [-0.39, 0.29) is 13.4 Å². The average Bonchev–Trinajstić information content (AvgIpc) is 3.89.